The van der Waals surface area contributed by atoms with Crippen molar-refractivity contribution in [3.8, 4) is 5.75 Å². The molecule has 1 aliphatic rings. The highest BCUT2D eigenvalue weighted by Crippen LogP contribution is 2.35. The molecule has 0 bridgehead atoms. The molecule has 0 aromatic heterocycles. The first kappa shape index (κ1) is 12.4. The molecule has 2 nitrogen and oxygen atoms in total. The summed E-state index contributed by atoms with van der Waals surface area (Å²) in [5.74, 6) is 1.03. The minimum Gasteiger partial charge on any atom is -0.494 e. The normalized spacial score (nSPS) is 25.3. The van der Waals surface area contributed by atoms with Crippen LogP contribution in [0.3, 0.4) is 0 Å². The molecule has 1 aromatic carbocycles. The molecular formula is C15H23NO. The average molecular weight is 233 g/mol. The van der Waals surface area contributed by atoms with Crippen LogP contribution in [0.4, 0.5) is 0 Å². The minimum atomic E-state index is 0.0717. The lowest BCUT2D eigenvalue weighted by atomic mass is 9.87. The highest BCUT2D eigenvalue weighted by molar-refractivity contribution is 5.39. The summed E-state index contributed by atoms with van der Waals surface area (Å²) in [5.41, 5.74) is 1.38. The van der Waals surface area contributed by atoms with Crippen molar-refractivity contribution >= 4 is 0 Å². The van der Waals surface area contributed by atoms with Crippen LogP contribution < -0.4 is 10.1 Å². The second-order valence-electron chi connectivity index (χ2n) is 5.00. The third-order valence-corrected chi connectivity index (χ3v) is 3.65. The van der Waals surface area contributed by atoms with Gasteiger partial charge < -0.3 is 10.1 Å². The molecule has 1 N–H and O–H groups in total. The van der Waals surface area contributed by atoms with Crippen LogP contribution in [0.25, 0.3) is 0 Å². The van der Waals surface area contributed by atoms with Gasteiger partial charge in [0.1, 0.15) is 5.75 Å². The number of benzene rings is 1. The number of rotatable bonds is 3. The number of nitrogens with one attached hydrogen (secondary N) is 1. The number of hydrogen-bond acceptors (Lipinski definition) is 2. The predicted octanol–water partition coefficient (Wildman–Crippen LogP) is 3.46. The first-order chi connectivity index (χ1) is 8.26. The lowest BCUT2D eigenvalue weighted by Crippen LogP contribution is -2.39. The molecule has 0 spiro atoms. The van der Waals surface area contributed by atoms with Gasteiger partial charge in [0.2, 0.25) is 0 Å². The van der Waals surface area contributed by atoms with Gasteiger partial charge in [-0.1, -0.05) is 31.0 Å². The summed E-state index contributed by atoms with van der Waals surface area (Å²) in [6.45, 7) is 6.18. The van der Waals surface area contributed by atoms with Gasteiger partial charge in [-0.2, -0.15) is 0 Å². The van der Waals surface area contributed by atoms with Crippen molar-refractivity contribution in [2.45, 2.75) is 45.1 Å². The molecule has 1 aromatic rings. The summed E-state index contributed by atoms with van der Waals surface area (Å²) in [7, 11) is 0. The Morgan fingerprint density at radius 3 is 2.88 bits per heavy atom. The van der Waals surface area contributed by atoms with Crippen molar-refractivity contribution < 1.29 is 4.74 Å². The van der Waals surface area contributed by atoms with E-state index in [1.807, 2.05) is 6.92 Å². The van der Waals surface area contributed by atoms with Crippen LogP contribution >= 0.6 is 0 Å². The smallest absolute Gasteiger partial charge is 0.124 e. The van der Waals surface area contributed by atoms with Gasteiger partial charge in [0.05, 0.1) is 6.61 Å². The van der Waals surface area contributed by atoms with E-state index in [0.29, 0.717) is 0 Å². The third kappa shape index (κ3) is 2.81. The molecule has 0 radical (unpaired) electrons. The largest absolute Gasteiger partial charge is 0.494 e. The molecule has 2 heteroatoms. The Morgan fingerprint density at radius 1 is 1.24 bits per heavy atom. The zero-order valence-corrected chi connectivity index (χ0v) is 11.0. The monoisotopic (exact) mass is 233 g/mol. The standard InChI is InChI=1S/C15H23NO/c1-3-17-14-10-6-5-9-13(14)15(2)11-7-4-8-12-16-15/h5-6,9-10,16H,3-4,7-8,11-12H2,1-2H3. The summed E-state index contributed by atoms with van der Waals surface area (Å²) < 4.78 is 5.76. The topological polar surface area (TPSA) is 21.3 Å². The van der Waals surface area contributed by atoms with Crippen molar-refractivity contribution in [3.63, 3.8) is 0 Å². The van der Waals surface area contributed by atoms with Crippen LogP contribution in [-0.2, 0) is 5.54 Å². The van der Waals surface area contributed by atoms with Crippen LogP contribution in [0.15, 0.2) is 24.3 Å². The summed E-state index contributed by atoms with van der Waals surface area (Å²) in [6.07, 6.45) is 5.10. The van der Waals surface area contributed by atoms with E-state index in [-0.39, 0.29) is 5.54 Å². The molecule has 1 heterocycles. The Labute approximate surface area is 104 Å². The summed E-state index contributed by atoms with van der Waals surface area (Å²) >= 11 is 0. The zero-order valence-electron chi connectivity index (χ0n) is 11.0. The molecule has 0 saturated carbocycles. The van der Waals surface area contributed by atoms with E-state index in [1.165, 1.54) is 31.2 Å². The zero-order chi connectivity index (χ0) is 12.1. The first-order valence-electron chi connectivity index (χ1n) is 6.73. The Balaban J connectivity index is 2.29. The SMILES string of the molecule is CCOc1ccccc1C1(C)CCCCCN1. The number of para-hydroxylation sites is 1. The van der Waals surface area contributed by atoms with Gasteiger partial charge in [0.25, 0.3) is 0 Å². The molecule has 1 unspecified atom stereocenters. The average Bonchev–Trinajstić information content (AvgIpc) is 2.56. The fourth-order valence-electron chi connectivity index (χ4n) is 2.67. The maximum Gasteiger partial charge on any atom is 0.124 e. The molecule has 17 heavy (non-hydrogen) atoms. The van der Waals surface area contributed by atoms with E-state index in [2.05, 4.69) is 36.5 Å². The van der Waals surface area contributed by atoms with E-state index in [4.69, 9.17) is 4.74 Å². The molecule has 0 amide bonds. The van der Waals surface area contributed by atoms with Crippen molar-refractivity contribution in [2.24, 2.45) is 0 Å². The summed E-state index contributed by atoms with van der Waals surface area (Å²) in [4.78, 5) is 0. The lowest BCUT2D eigenvalue weighted by molar-refractivity contribution is 0.303. The lowest BCUT2D eigenvalue weighted by Gasteiger charge is -2.31. The van der Waals surface area contributed by atoms with Gasteiger partial charge in [0, 0.05) is 11.1 Å². The molecule has 2 rings (SSSR count). The summed E-state index contributed by atoms with van der Waals surface area (Å²) in [5, 5.41) is 3.69. The van der Waals surface area contributed by atoms with Gasteiger partial charge in [0.15, 0.2) is 0 Å². The molecule has 1 aliphatic heterocycles. The quantitative estimate of drug-likeness (QED) is 0.863. The maximum absolute atomic E-state index is 5.76. The van der Waals surface area contributed by atoms with Gasteiger partial charge >= 0.3 is 0 Å². The maximum atomic E-state index is 5.76. The van der Waals surface area contributed by atoms with Gasteiger partial charge in [-0.25, -0.2) is 0 Å². The molecule has 1 atom stereocenters. The molecular weight excluding hydrogens is 210 g/mol. The highest BCUT2D eigenvalue weighted by atomic mass is 16.5. The van der Waals surface area contributed by atoms with E-state index < -0.39 is 0 Å². The van der Waals surface area contributed by atoms with Crippen LogP contribution in [0, 0.1) is 0 Å². The van der Waals surface area contributed by atoms with Crippen molar-refractivity contribution in [2.75, 3.05) is 13.2 Å². The Morgan fingerprint density at radius 2 is 2.06 bits per heavy atom. The second kappa shape index (κ2) is 5.54. The minimum absolute atomic E-state index is 0.0717. The van der Waals surface area contributed by atoms with Crippen molar-refractivity contribution in [1.29, 1.82) is 0 Å². The van der Waals surface area contributed by atoms with E-state index >= 15 is 0 Å². The van der Waals surface area contributed by atoms with E-state index in [9.17, 15) is 0 Å². The highest BCUT2D eigenvalue weighted by Gasteiger charge is 2.29. The molecule has 1 fully saturated rings. The fourth-order valence-corrected chi connectivity index (χ4v) is 2.67. The Bertz CT molecular complexity index is 354. The van der Waals surface area contributed by atoms with Gasteiger partial charge in [-0.05, 0) is 39.3 Å². The van der Waals surface area contributed by atoms with E-state index in [0.717, 1.165) is 18.9 Å². The molecule has 94 valence electrons. The fraction of sp³-hybridized carbons (Fsp3) is 0.600. The van der Waals surface area contributed by atoms with Crippen LogP contribution in [0.5, 0.6) is 5.75 Å². The number of ether oxygens (including phenoxy) is 1. The van der Waals surface area contributed by atoms with Crippen molar-refractivity contribution in [3.05, 3.63) is 29.8 Å². The first-order valence-corrected chi connectivity index (χ1v) is 6.73. The van der Waals surface area contributed by atoms with Crippen LogP contribution in [0.2, 0.25) is 0 Å². The third-order valence-electron chi connectivity index (χ3n) is 3.65. The molecule has 1 saturated heterocycles. The Kier molecular flexibility index (Phi) is 4.06. The molecule has 0 aliphatic carbocycles. The van der Waals surface area contributed by atoms with E-state index in [1.54, 1.807) is 0 Å². The van der Waals surface area contributed by atoms with Crippen molar-refractivity contribution in [1.82, 2.24) is 5.32 Å². The second-order valence-corrected chi connectivity index (χ2v) is 5.00. The van der Waals surface area contributed by atoms with Crippen LogP contribution in [0.1, 0.15) is 45.1 Å². The van der Waals surface area contributed by atoms with Crippen LogP contribution in [-0.4, -0.2) is 13.2 Å². The number of hydrogen-bond donors (Lipinski definition) is 1. The van der Waals surface area contributed by atoms with Gasteiger partial charge in [-0.15, -0.1) is 0 Å². The Hall–Kier alpha value is -1.02. The summed E-state index contributed by atoms with van der Waals surface area (Å²) in [6, 6.07) is 8.43. The van der Waals surface area contributed by atoms with Gasteiger partial charge in [-0.3, -0.25) is 0 Å². The predicted molar refractivity (Wildman–Crippen MR) is 71.4 cm³/mol.